The lowest BCUT2D eigenvalue weighted by molar-refractivity contribution is -0.169. The number of hydrogen-bond acceptors (Lipinski definition) is 3. The van der Waals surface area contributed by atoms with Crippen molar-refractivity contribution in [1.29, 1.82) is 0 Å². The maximum atomic E-state index is 12.4. The van der Waals surface area contributed by atoms with E-state index >= 15 is 0 Å². The first-order valence-electron chi connectivity index (χ1n) is 6.27. The second-order valence-electron chi connectivity index (χ2n) is 5.21. The third-order valence-corrected chi connectivity index (χ3v) is 4.16. The summed E-state index contributed by atoms with van der Waals surface area (Å²) in [6.45, 7) is 3.85. The second kappa shape index (κ2) is 5.61. The molecule has 1 fully saturated rings. The summed E-state index contributed by atoms with van der Waals surface area (Å²) in [5.74, 6) is 0.0700. The predicted molar refractivity (Wildman–Crippen MR) is 77.7 cm³/mol. The first-order chi connectivity index (χ1) is 8.98. The van der Waals surface area contributed by atoms with Crippen molar-refractivity contribution < 1.29 is 9.53 Å². The molecule has 1 heterocycles. The van der Waals surface area contributed by atoms with E-state index in [4.69, 9.17) is 10.5 Å². The molecule has 0 saturated carbocycles. The van der Waals surface area contributed by atoms with E-state index in [-0.39, 0.29) is 5.91 Å². The SMILES string of the molecule is Cc1ccc(Br)cc1CN(C)C(=O)C1(CN)COC1. The van der Waals surface area contributed by atoms with Gasteiger partial charge < -0.3 is 15.4 Å². The highest BCUT2D eigenvalue weighted by Gasteiger charge is 2.46. The van der Waals surface area contributed by atoms with Crippen molar-refractivity contribution in [1.82, 2.24) is 4.90 Å². The zero-order chi connectivity index (χ0) is 14.0. The minimum absolute atomic E-state index is 0.0700. The van der Waals surface area contributed by atoms with Gasteiger partial charge in [-0.05, 0) is 30.2 Å². The number of amides is 1. The Morgan fingerprint density at radius 3 is 2.74 bits per heavy atom. The Balaban J connectivity index is 2.10. The molecule has 0 bridgehead atoms. The summed E-state index contributed by atoms with van der Waals surface area (Å²) in [5.41, 5.74) is 7.53. The van der Waals surface area contributed by atoms with E-state index in [1.165, 1.54) is 5.56 Å². The molecule has 1 aliphatic heterocycles. The summed E-state index contributed by atoms with van der Waals surface area (Å²) in [7, 11) is 1.82. The van der Waals surface area contributed by atoms with E-state index in [1.54, 1.807) is 4.90 Å². The molecule has 104 valence electrons. The molecule has 1 saturated heterocycles. The predicted octanol–water partition coefficient (Wildman–Crippen LogP) is 1.69. The number of benzene rings is 1. The van der Waals surface area contributed by atoms with Gasteiger partial charge in [-0.3, -0.25) is 4.79 Å². The van der Waals surface area contributed by atoms with Crippen molar-refractivity contribution in [3.05, 3.63) is 33.8 Å². The standard InChI is InChI=1S/C14H19BrN2O2/c1-10-3-4-12(15)5-11(10)6-17(2)13(18)14(7-16)8-19-9-14/h3-5H,6-9,16H2,1-2H3. The van der Waals surface area contributed by atoms with Crippen LogP contribution in [0.2, 0.25) is 0 Å². The number of nitrogens with two attached hydrogens (primary N) is 1. The normalized spacial score (nSPS) is 16.8. The molecule has 5 heteroatoms. The Morgan fingerprint density at radius 2 is 2.21 bits per heavy atom. The fraction of sp³-hybridized carbons (Fsp3) is 0.500. The molecule has 0 atom stereocenters. The van der Waals surface area contributed by atoms with Crippen LogP contribution in [0, 0.1) is 12.3 Å². The van der Waals surface area contributed by atoms with Crippen LogP contribution in [0.15, 0.2) is 22.7 Å². The molecule has 2 rings (SSSR count). The molecule has 19 heavy (non-hydrogen) atoms. The highest BCUT2D eigenvalue weighted by atomic mass is 79.9. The number of nitrogens with zero attached hydrogens (tertiary/aromatic N) is 1. The third kappa shape index (κ3) is 2.83. The molecule has 0 aliphatic carbocycles. The fourth-order valence-electron chi connectivity index (χ4n) is 2.22. The van der Waals surface area contributed by atoms with Gasteiger partial charge in [-0.15, -0.1) is 0 Å². The largest absolute Gasteiger partial charge is 0.379 e. The number of carbonyl (C=O) groups is 1. The van der Waals surface area contributed by atoms with Gasteiger partial charge in [0.15, 0.2) is 0 Å². The van der Waals surface area contributed by atoms with Crippen LogP contribution in [0.5, 0.6) is 0 Å². The van der Waals surface area contributed by atoms with Crippen LogP contribution in [-0.2, 0) is 16.1 Å². The Kier molecular flexibility index (Phi) is 4.28. The number of hydrogen-bond donors (Lipinski definition) is 1. The van der Waals surface area contributed by atoms with Crippen LogP contribution in [0.1, 0.15) is 11.1 Å². The molecule has 1 aliphatic rings. The summed E-state index contributed by atoms with van der Waals surface area (Å²) in [4.78, 5) is 14.2. The highest BCUT2D eigenvalue weighted by molar-refractivity contribution is 9.10. The molecule has 1 aromatic carbocycles. The molecular weight excluding hydrogens is 308 g/mol. The molecule has 1 aromatic rings. The molecule has 0 aromatic heterocycles. The van der Waals surface area contributed by atoms with Crippen LogP contribution >= 0.6 is 15.9 Å². The van der Waals surface area contributed by atoms with Gasteiger partial charge in [0.05, 0.1) is 13.2 Å². The molecule has 4 nitrogen and oxygen atoms in total. The first kappa shape index (κ1) is 14.5. The van der Waals surface area contributed by atoms with Crippen molar-refractivity contribution in [2.45, 2.75) is 13.5 Å². The number of carbonyl (C=O) groups excluding carboxylic acids is 1. The molecule has 0 spiro atoms. The van der Waals surface area contributed by atoms with Crippen LogP contribution in [0.4, 0.5) is 0 Å². The van der Waals surface area contributed by atoms with Crippen molar-refractivity contribution in [3.63, 3.8) is 0 Å². The van der Waals surface area contributed by atoms with Crippen molar-refractivity contribution >= 4 is 21.8 Å². The van der Waals surface area contributed by atoms with E-state index in [0.717, 1.165) is 10.0 Å². The van der Waals surface area contributed by atoms with Gasteiger partial charge in [-0.25, -0.2) is 0 Å². The molecule has 0 unspecified atom stereocenters. The Bertz CT molecular complexity index is 481. The quantitative estimate of drug-likeness (QED) is 0.916. The topological polar surface area (TPSA) is 55.6 Å². The van der Waals surface area contributed by atoms with Crippen molar-refractivity contribution in [3.8, 4) is 0 Å². The number of halogens is 1. The van der Waals surface area contributed by atoms with Gasteiger partial charge in [-0.2, -0.15) is 0 Å². The summed E-state index contributed by atoms with van der Waals surface area (Å²) in [6.07, 6.45) is 0. The Hall–Kier alpha value is -0.910. The van der Waals surface area contributed by atoms with E-state index in [0.29, 0.717) is 26.3 Å². The lowest BCUT2D eigenvalue weighted by Crippen LogP contribution is -2.58. The lowest BCUT2D eigenvalue weighted by Gasteiger charge is -2.41. The number of aryl methyl sites for hydroxylation is 1. The average molecular weight is 327 g/mol. The zero-order valence-electron chi connectivity index (χ0n) is 11.3. The van der Waals surface area contributed by atoms with Crippen LogP contribution in [0.25, 0.3) is 0 Å². The summed E-state index contributed by atoms with van der Waals surface area (Å²) in [6, 6.07) is 6.09. The first-order valence-corrected chi connectivity index (χ1v) is 7.06. The van der Waals surface area contributed by atoms with Gasteiger partial charge in [-0.1, -0.05) is 22.0 Å². The van der Waals surface area contributed by atoms with Gasteiger partial charge in [0.2, 0.25) is 5.91 Å². The van der Waals surface area contributed by atoms with E-state index in [2.05, 4.69) is 15.9 Å². The Labute approximate surface area is 122 Å². The molecule has 2 N–H and O–H groups in total. The minimum Gasteiger partial charge on any atom is -0.379 e. The monoisotopic (exact) mass is 326 g/mol. The fourth-order valence-corrected chi connectivity index (χ4v) is 2.63. The second-order valence-corrected chi connectivity index (χ2v) is 6.12. The molecular formula is C14H19BrN2O2. The van der Waals surface area contributed by atoms with Crippen LogP contribution < -0.4 is 5.73 Å². The van der Waals surface area contributed by atoms with Crippen LogP contribution in [-0.4, -0.2) is 37.6 Å². The Morgan fingerprint density at radius 1 is 1.53 bits per heavy atom. The average Bonchev–Trinajstić information content (AvgIpc) is 2.33. The molecule has 0 radical (unpaired) electrons. The highest BCUT2D eigenvalue weighted by Crippen LogP contribution is 2.29. The van der Waals surface area contributed by atoms with E-state index < -0.39 is 5.41 Å². The van der Waals surface area contributed by atoms with Gasteiger partial charge in [0, 0.05) is 24.6 Å². The maximum Gasteiger partial charge on any atom is 0.234 e. The zero-order valence-corrected chi connectivity index (χ0v) is 12.9. The van der Waals surface area contributed by atoms with Gasteiger partial charge in [0.1, 0.15) is 5.41 Å². The van der Waals surface area contributed by atoms with E-state index in [1.807, 2.05) is 32.2 Å². The van der Waals surface area contributed by atoms with Crippen molar-refractivity contribution in [2.75, 3.05) is 26.8 Å². The lowest BCUT2D eigenvalue weighted by atomic mass is 9.84. The third-order valence-electron chi connectivity index (χ3n) is 3.67. The summed E-state index contributed by atoms with van der Waals surface area (Å²) in [5, 5.41) is 0. The van der Waals surface area contributed by atoms with Gasteiger partial charge in [0.25, 0.3) is 0 Å². The van der Waals surface area contributed by atoms with E-state index in [9.17, 15) is 4.79 Å². The van der Waals surface area contributed by atoms with Crippen molar-refractivity contribution in [2.24, 2.45) is 11.1 Å². The number of ether oxygens (including phenoxy) is 1. The smallest absolute Gasteiger partial charge is 0.234 e. The summed E-state index contributed by atoms with van der Waals surface area (Å²) >= 11 is 3.46. The molecule has 1 amide bonds. The number of rotatable bonds is 4. The van der Waals surface area contributed by atoms with Crippen LogP contribution in [0.3, 0.4) is 0 Å². The maximum absolute atomic E-state index is 12.4. The minimum atomic E-state index is -0.505. The van der Waals surface area contributed by atoms with Gasteiger partial charge >= 0.3 is 0 Å². The summed E-state index contributed by atoms with van der Waals surface area (Å²) < 4.78 is 6.18.